The minimum Gasteiger partial charge on any atom is -0.356 e. The van der Waals surface area contributed by atoms with Gasteiger partial charge >= 0.3 is 0 Å². The summed E-state index contributed by atoms with van der Waals surface area (Å²) in [5.41, 5.74) is 6.35. The van der Waals surface area contributed by atoms with Crippen molar-refractivity contribution in [2.75, 3.05) is 24.5 Å². The summed E-state index contributed by atoms with van der Waals surface area (Å²) in [5.74, 6) is 0.545. The summed E-state index contributed by atoms with van der Waals surface area (Å²) in [4.78, 5) is 33.3. The van der Waals surface area contributed by atoms with Crippen molar-refractivity contribution in [2.45, 2.75) is 39.7 Å². The number of fused-ring (bicyclic) bond motifs is 1. The van der Waals surface area contributed by atoms with E-state index < -0.39 is 0 Å². The first-order valence-electron chi connectivity index (χ1n) is 13.1. The first-order valence-corrected chi connectivity index (χ1v) is 13.1. The molecule has 6 heteroatoms. The fraction of sp³-hybridized carbons (Fsp3) is 0.323. The van der Waals surface area contributed by atoms with E-state index in [0.717, 1.165) is 23.0 Å². The highest BCUT2D eigenvalue weighted by molar-refractivity contribution is 5.79. The van der Waals surface area contributed by atoms with Crippen LogP contribution in [0.4, 0.5) is 5.82 Å². The van der Waals surface area contributed by atoms with E-state index in [0.29, 0.717) is 44.8 Å². The van der Waals surface area contributed by atoms with Crippen LogP contribution in [0.2, 0.25) is 0 Å². The van der Waals surface area contributed by atoms with Gasteiger partial charge < -0.3 is 10.2 Å². The van der Waals surface area contributed by atoms with Crippen molar-refractivity contribution in [1.82, 2.24) is 14.9 Å². The monoisotopic (exact) mass is 494 g/mol. The maximum Gasteiger partial charge on any atom is 0.294 e. The first kappa shape index (κ1) is 24.8. The van der Waals surface area contributed by atoms with Crippen LogP contribution in [-0.4, -0.2) is 35.1 Å². The number of amides is 1. The molecule has 37 heavy (non-hydrogen) atoms. The van der Waals surface area contributed by atoms with Crippen LogP contribution < -0.4 is 15.8 Å². The van der Waals surface area contributed by atoms with E-state index in [1.165, 1.54) is 16.7 Å². The topological polar surface area (TPSA) is 67.2 Å². The molecule has 5 rings (SSSR count). The standard InChI is InChI=1S/C31H34N4O2/c1-22-11-13-24(14-12-22)21-35-28-10-6-5-9-27(28)33-29(31(35)37)34-19-16-26(17-20-34)30(36)32-18-15-25-8-4-3-7-23(25)2/h3-14,26H,15-21H2,1-2H3,(H,32,36). The molecule has 0 saturated carbocycles. The van der Waals surface area contributed by atoms with Crippen molar-refractivity contribution in [3.63, 3.8) is 0 Å². The van der Waals surface area contributed by atoms with Crippen molar-refractivity contribution in [3.8, 4) is 0 Å². The molecule has 1 aromatic heterocycles. The molecule has 190 valence electrons. The SMILES string of the molecule is Cc1ccc(Cn2c(=O)c(N3CCC(C(=O)NCCc4ccccc4C)CC3)nc3ccccc32)cc1. The molecule has 4 aromatic rings. The Morgan fingerprint density at radius 2 is 1.65 bits per heavy atom. The quantitative estimate of drug-likeness (QED) is 0.407. The second-order valence-electron chi connectivity index (χ2n) is 10.0. The minimum atomic E-state index is -0.0830. The Labute approximate surface area is 218 Å². The van der Waals surface area contributed by atoms with E-state index in [9.17, 15) is 9.59 Å². The van der Waals surface area contributed by atoms with Crippen molar-refractivity contribution in [1.29, 1.82) is 0 Å². The fourth-order valence-corrected chi connectivity index (χ4v) is 5.13. The van der Waals surface area contributed by atoms with E-state index in [4.69, 9.17) is 4.98 Å². The van der Waals surface area contributed by atoms with Gasteiger partial charge in [0, 0.05) is 25.6 Å². The summed E-state index contributed by atoms with van der Waals surface area (Å²) in [6.07, 6.45) is 2.25. The Balaban J connectivity index is 1.27. The van der Waals surface area contributed by atoms with Crippen LogP contribution in [0.15, 0.2) is 77.6 Å². The van der Waals surface area contributed by atoms with Crippen LogP contribution in [0.3, 0.4) is 0 Å². The van der Waals surface area contributed by atoms with Gasteiger partial charge in [-0.15, -0.1) is 0 Å². The average molecular weight is 495 g/mol. The van der Waals surface area contributed by atoms with Gasteiger partial charge in [-0.3, -0.25) is 14.2 Å². The predicted molar refractivity (Wildman–Crippen MR) is 149 cm³/mol. The van der Waals surface area contributed by atoms with Crippen LogP contribution in [0.1, 0.15) is 35.1 Å². The Hall–Kier alpha value is -3.93. The summed E-state index contributed by atoms with van der Waals surface area (Å²) < 4.78 is 1.83. The number of hydrogen-bond acceptors (Lipinski definition) is 4. The molecule has 0 atom stereocenters. The highest BCUT2D eigenvalue weighted by Crippen LogP contribution is 2.22. The number of aryl methyl sites for hydroxylation is 2. The number of hydrogen-bond donors (Lipinski definition) is 1. The molecule has 6 nitrogen and oxygen atoms in total. The molecule has 0 spiro atoms. The molecule has 1 saturated heterocycles. The molecule has 0 radical (unpaired) electrons. The maximum atomic E-state index is 13.7. The van der Waals surface area contributed by atoms with Gasteiger partial charge in [0.25, 0.3) is 5.56 Å². The van der Waals surface area contributed by atoms with Gasteiger partial charge in [0.05, 0.1) is 17.6 Å². The number of benzene rings is 3. The summed E-state index contributed by atoms with van der Waals surface area (Å²) >= 11 is 0. The molecule has 1 fully saturated rings. The molecular formula is C31H34N4O2. The van der Waals surface area contributed by atoms with E-state index in [-0.39, 0.29) is 17.4 Å². The van der Waals surface area contributed by atoms with Gasteiger partial charge in [-0.25, -0.2) is 4.98 Å². The van der Waals surface area contributed by atoms with Crippen LogP contribution >= 0.6 is 0 Å². The second kappa shape index (κ2) is 11.0. The zero-order valence-electron chi connectivity index (χ0n) is 21.6. The summed E-state index contributed by atoms with van der Waals surface area (Å²) in [7, 11) is 0. The number of aromatic nitrogens is 2. The first-order chi connectivity index (χ1) is 18.0. The lowest BCUT2D eigenvalue weighted by Crippen LogP contribution is -2.43. The highest BCUT2D eigenvalue weighted by Gasteiger charge is 2.27. The van der Waals surface area contributed by atoms with Gasteiger partial charge in [0.2, 0.25) is 5.91 Å². The third kappa shape index (κ3) is 5.58. The molecule has 2 heterocycles. The van der Waals surface area contributed by atoms with Crippen molar-refractivity contribution < 1.29 is 4.79 Å². The van der Waals surface area contributed by atoms with Gasteiger partial charge in [-0.2, -0.15) is 0 Å². The zero-order chi connectivity index (χ0) is 25.8. The van der Waals surface area contributed by atoms with Crippen LogP contribution in [0, 0.1) is 19.8 Å². The molecule has 1 N–H and O–H groups in total. The molecule has 0 aliphatic carbocycles. The van der Waals surface area contributed by atoms with Crippen LogP contribution in [0.5, 0.6) is 0 Å². The molecule has 0 bridgehead atoms. The Kier molecular flexibility index (Phi) is 7.35. The molecule has 1 aliphatic rings. The number of anilines is 1. The normalized spacial score (nSPS) is 14.2. The fourth-order valence-electron chi connectivity index (χ4n) is 5.13. The van der Waals surface area contributed by atoms with Gasteiger partial charge in [-0.1, -0.05) is 66.2 Å². The van der Waals surface area contributed by atoms with Gasteiger partial charge in [0.1, 0.15) is 0 Å². The lowest BCUT2D eigenvalue weighted by Gasteiger charge is -2.32. The van der Waals surface area contributed by atoms with Crippen LogP contribution in [-0.2, 0) is 17.8 Å². The number of rotatable bonds is 7. The Bertz CT molecular complexity index is 1450. The molecule has 3 aromatic carbocycles. The zero-order valence-corrected chi connectivity index (χ0v) is 21.6. The lowest BCUT2D eigenvalue weighted by atomic mass is 9.95. The number of piperidine rings is 1. The Morgan fingerprint density at radius 1 is 0.946 bits per heavy atom. The Morgan fingerprint density at radius 3 is 2.41 bits per heavy atom. The van der Waals surface area contributed by atoms with E-state index in [1.807, 2.05) is 41.0 Å². The van der Waals surface area contributed by atoms with Crippen molar-refractivity contribution in [3.05, 3.63) is 105 Å². The maximum absolute atomic E-state index is 13.7. The predicted octanol–water partition coefficient (Wildman–Crippen LogP) is 4.64. The summed E-state index contributed by atoms with van der Waals surface area (Å²) in [5, 5.41) is 3.12. The number of carbonyl (C=O) groups excluding carboxylic acids is 1. The number of nitrogens with zero attached hydrogens (tertiary/aromatic N) is 3. The third-order valence-electron chi connectivity index (χ3n) is 7.42. The third-order valence-corrected chi connectivity index (χ3v) is 7.42. The van der Waals surface area contributed by atoms with E-state index in [2.05, 4.69) is 60.5 Å². The number of para-hydroxylation sites is 2. The minimum absolute atomic E-state index is 0.0386. The average Bonchev–Trinajstić information content (AvgIpc) is 2.92. The smallest absolute Gasteiger partial charge is 0.294 e. The van der Waals surface area contributed by atoms with Crippen LogP contribution in [0.25, 0.3) is 11.0 Å². The van der Waals surface area contributed by atoms with Gasteiger partial charge in [-0.05, 0) is 61.9 Å². The summed E-state index contributed by atoms with van der Waals surface area (Å²) in [6, 6.07) is 24.4. The second-order valence-corrected chi connectivity index (χ2v) is 10.0. The van der Waals surface area contributed by atoms with E-state index in [1.54, 1.807) is 0 Å². The largest absolute Gasteiger partial charge is 0.356 e. The lowest BCUT2D eigenvalue weighted by molar-refractivity contribution is -0.125. The number of carbonyl (C=O) groups is 1. The molecule has 1 amide bonds. The highest BCUT2D eigenvalue weighted by atomic mass is 16.2. The van der Waals surface area contributed by atoms with E-state index >= 15 is 0 Å². The summed E-state index contributed by atoms with van der Waals surface area (Å²) in [6.45, 7) is 6.57. The van der Waals surface area contributed by atoms with Gasteiger partial charge in [0.15, 0.2) is 5.82 Å². The van der Waals surface area contributed by atoms with Crippen molar-refractivity contribution >= 4 is 22.8 Å². The molecular weight excluding hydrogens is 460 g/mol. The molecule has 0 unspecified atom stereocenters. The molecule has 1 aliphatic heterocycles. The number of nitrogens with one attached hydrogen (secondary N) is 1. The van der Waals surface area contributed by atoms with Crippen molar-refractivity contribution in [2.24, 2.45) is 5.92 Å².